The third-order valence-electron chi connectivity index (χ3n) is 2.30. The number of halogens is 1. The van der Waals surface area contributed by atoms with E-state index < -0.39 is 15.7 Å². The molecule has 1 rings (SSSR count). The van der Waals surface area contributed by atoms with Gasteiger partial charge in [0.1, 0.15) is 10.7 Å². The van der Waals surface area contributed by atoms with Gasteiger partial charge in [0.05, 0.1) is 5.75 Å². The van der Waals surface area contributed by atoms with E-state index in [4.69, 9.17) is 0 Å². The molecule has 0 aliphatic carbocycles. The highest BCUT2D eigenvalue weighted by atomic mass is 32.2. The Balaban J connectivity index is 2.70. The van der Waals surface area contributed by atoms with Gasteiger partial charge in [-0.05, 0) is 12.1 Å². The summed E-state index contributed by atoms with van der Waals surface area (Å²) in [6.45, 7) is 0.157. The van der Waals surface area contributed by atoms with Crippen molar-refractivity contribution in [1.29, 1.82) is 0 Å². The summed E-state index contributed by atoms with van der Waals surface area (Å²) in [6, 6.07) is 5.34. The van der Waals surface area contributed by atoms with Crippen LogP contribution in [0.25, 0.3) is 0 Å². The lowest BCUT2D eigenvalue weighted by atomic mass is 10.3. The van der Waals surface area contributed by atoms with Crippen LogP contribution in [-0.4, -0.2) is 40.8 Å². The monoisotopic (exact) mass is 273 g/mol. The third kappa shape index (κ3) is 3.69. The van der Waals surface area contributed by atoms with Crippen molar-refractivity contribution in [3.05, 3.63) is 30.1 Å². The molecule has 0 atom stereocenters. The Morgan fingerprint density at radius 3 is 2.61 bits per heavy atom. The lowest BCUT2D eigenvalue weighted by molar-refractivity contribution is 0.566. The quantitative estimate of drug-likeness (QED) is 0.615. The van der Waals surface area contributed by atoms with Gasteiger partial charge in [0.15, 0.2) is 15.8 Å². The number of hydrogen-bond acceptors (Lipinski definition) is 3. The zero-order valence-electron chi connectivity index (χ0n) is 10.3. The molecule has 1 aromatic carbocycles. The van der Waals surface area contributed by atoms with Gasteiger partial charge in [0, 0.05) is 20.6 Å². The van der Waals surface area contributed by atoms with Crippen LogP contribution in [0.15, 0.2) is 34.2 Å². The van der Waals surface area contributed by atoms with E-state index in [9.17, 15) is 12.8 Å². The average molecular weight is 273 g/mol. The lowest BCUT2D eigenvalue weighted by Crippen LogP contribution is -2.37. The van der Waals surface area contributed by atoms with E-state index >= 15 is 0 Å². The van der Waals surface area contributed by atoms with Crippen molar-refractivity contribution >= 4 is 15.8 Å². The van der Waals surface area contributed by atoms with Crippen molar-refractivity contribution in [2.75, 3.05) is 26.4 Å². The molecule has 0 aliphatic rings. The molecule has 0 spiro atoms. The Labute approximate surface area is 106 Å². The van der Waals surface area contributed by atoms with Crippen LogP contribution in [0.2, 0.25) is 0 Å². The van der Waals surface area contributed by atoms with E-state index in [-0.39, 0.29) is 17.2 Å². The number of hydrogen-bond donors (Lipinski definition) is 2. The molecule has 0 fully saturated rings. The van der Waals surface area contributed by atoms with Crippen molar-refractivity contribution in [1.82, 2.24) is 10.6 Å². The van der Waals surface area contributed by atoms with E-state index in [1.54, 1.807) is 14.1 Å². The number of aliphatic imine (C=N–C) groups is 1. The van der Waals surface area contributed by atoms with Gasteiger partial charge in [-0.15, -0.1) is 0 Å². The number of rotatable bonds is 4. The molecule has 0 amide bonds. The zero-order valence-corrected chi connectivity index (χ0v) is 11.1. The summed E-state index contributed by atoms with van der Waals surface area (Å²) in [7, 11) is -0.382. The molecule has 0 aromatic heterocycles. The molecule has 0 aliphatic heterocycles. The van der Waals surface area contributed by atoms with Crippen LogP contribution in [-0.2, 0) is 9.84 Å². The minimum absolute atomic E-state index is 0.157. The van der Waals surface area contributed by atoms with Gasteiger partial charge in [0.25, 0.3) is 0 Å². The lowest BCUT2D eigenvalue weighted by Gasteiger charge is -2.09. The molecule has 0 radical (unpaired) electrons. The second kappa shape index (κ2) is 6.34. The van der Waals surface area contributed by atoms with Gasteiger partial charge in [-0.2, -0.15) is 0 Å². The fourth-order valence-electron chi connectivity index (χ4n) is 1.39. The van der Waals surface area contributed by atoms with Crippen LogP contribution in [0.4, 0.5) is 4.39 Å². The first-order valence-electron chi connectivity index (χ1n) is 5.37. The molecular weight excluding hydrogens is 257 g/mol. The van der Waals surface area contributed by atoms with Crippen LogP contribution in [0.3, 0.4) is 0 Å². The Bertz CT molecular complexity index is 529. The van der Waals surface area contributed by atoms with Gasteiger partial charge >= 0.3 is 0 Å². The zero-order chi connectivity index (χ0) is 13.6. The van der Waals surface area contributed by atoms with Crippen molar-refractivity contribution in [3.8, 4) is 0 Å². The summed E-state index contributed by atoms with van der Waals surface area (Å²) in [5, 5.41) is 5.56. The number of guanidine groups is 1. The summed E-state index contributed by atoms with van der Waals surface area (Å²) in [4.78, 5) is 3.57. The standard InChI is InChI=1S/C11H16FN3O2S/c1-13-11(14-2)15-7-8-18(16,17)10-6-4-3-5-9(10)12/h3-6H,7-8H2,1-2H3,(H2,13,14,15). The van der Waals surface area contributed by atoms with Crippen molar-refractivity contribution < 1.29 is 12.8 Å². The Morgan fingerprint density at radius 2 is 2.06 bits per heavy atom. The normalized spacial score (nSPS) is 12.3. The van der Waals surface area contributed by atoms with E-state index in [0.29, 0.717) is 5.96 Å². The SMILES string of the molecule is CN=C(NC)NCCS(=O)(=O)c1ccccc1F. The first kappa shape index (κ1) is 14.4. The maximum absolute atomic E-state index is 13.4. The Morgan fingerprint density at radius 1 is 1.39 bits per heavy atom. The molecule has 0 saturated carbocycles. The highest BCUT2D eigenvalue weighted by molar-refractivity contribution is 7.91. The van der Waals surface area contributed by atoms with Gasteiger partial charge in [-0.1, -0.05) is 12.1 Å². The second-order valence-electron chi connectivity index (χ2n) is 3.50. The number of sulfone groups is 1. The van der Waals surface area contributed by atoms with Crippen LogP contribution >= 0.6 is 0 Å². The Kier molecular flexibility index (Phi) is 5.08. The molecule has 0 bridgehead atoms. The molecule has 5 nitrogen and oxygen atoms in total. The molecular formula is C11H16FN3O2S. The third-order valence-corrected chi connectivity index (χ3v) is 4.04. The largest absolute Gasteiger partial charge is 0.359 e. The van der Waals surface area contributed by atoms with Crippen molar-refractivity contribution in [2.45, 2.75) is 4.90 Å². The first-order chi connectivity index (χ1) is 8.51. The number of nitrogens with zero attached hydrogens (tertiary/aromatic N) is 1. The van der Waals surface area contributed by atoms with Crippen LogP contribution < -0.4 is 10.6 Å². The highest BCUT2D eigenvalue weighted by Gasteiger charge is 2.18. The van der Waals surface area contributed by atoms with Crippen LogP contribution in [0.5, 0.6) is 0 Å². The topological polar surface area (TPSA) is 70.6 Å². The second-order valence-corrected chi connectivity index (χ2v) is 5.58. The van der Waals surface area contributed by atoms with Gasteiger partial charge in [0.2, 0.25) is 0 Å². The maximum atomic E-state index is 13.4. The van der Waals surface area contributed by atoms with E-state index in [1.807, 2.05) is 0 Å². The molecule has 0 unspecified atom stereocenters. The van der Waals surface area contributed by atoms with Gasteiger partial charge < -0.3 is 10.6 Å². The van der Waals surface area contributed by atoms with E-state index in [2.05, 4.69) is 15.6 Å². The average Bonchev–Trinajstić information content (AvgIpc) is 2.35. The van der Waals surface area contributed by atoms with Gasteiger partial charge in [-0.25, -0.2) is 12.8 Å². The van der Waals surface area contributed by atoms with Gasteiger partial charge in [-0.3, -0.25) is 4.99 Å². The van der Waals surface area contributed by atoms with Crippen LogP contribution in [0.1, 0.15) is 0 Å². The molecule has 2 N–H and O–H groups in total. The predicted molar refractivity (Wildman–Crippen MR) is 68.9 cm³/mol. The first-order valence-corrected chi connectivity index (χ1v) is 7.02. The molecule has 100 valence electrons. The fraction of sp³-hybridized carbons (Fsp3) is 0.364. The van der Waals surface area contributed by atoms with Crippen molar-refractivity contribution in [3.63, 3.8) is 0 Å². The summed E-state index contributed by atoms with van der Waals surface area (Å²) < 4.78 is 37.1. The highest BCUT2D eigenvalue weighted by Crippen LogP contribution is 2.14. The molecule has 18 heavy (non-hydrogen) atoms. The smallest absolute Gasteiger partial charge is 0.190 e. The number of benzene rings is 1. The summed E-state index contributed by atoms with van der Waals surface area (Å²) in [6.07, 6.45) is 0. The Hall–Kier alpha value is -1.63. The van der Waals surface area contributed by atoms with Crippen molar-refractivity contribution in [2.24, 2.45) is 4.99 Å². The summed E-state index contributed by atoms with van der Waals surface area (Å²) in [5.41, 5.74) is 0. The summed E-state index contributed by atoms with van der Waals surface area (Å²) >= 11 is 0. The van der Waals surface area contributed by atoms with Crippen LogP contribution in [0, 0.1) is 5.82 Å². The van der Waals surface area contributed by atoms with E-state index in [1.165, 1.54) is 18.2 Å². The molecule has 0 saturated heterocycles. The molecule has 1 aromatic rings. The maximum Gasteiger partial charge on any atom is 0.190 e. The summed E-state index contributed by atoms with van der Waals surface area (Å²) in [5.74, 6) is -0.441. The minimum atomic E-state index is -3.62. The van der Waals surface area contributed by atoms with E-state index in [0.717, 1.165) is 6.07 Å². The predicted octanol–water partition coefficient (Wildman–Crippen LogP) is 0.394. The molecule has 7 heteroatoms. The number of nitrogens with one attached hydrogen (secondary N) is 2. The molecule has 0 heterocycles. The fourth-order valence-corrected chi connectivity index (χ4v) is 2.63. The minimum Gasteiger partial charge on any atom is -0.359 e.